The molecule has 126 valence electrons. The van der Waals surface area contributed by atoms with Crippen molar-refractivity contribution in [3.8, 4) is 28.8 Å². The predicted molar refractivity (Wildman–Crippen MR) is 93.8 cm³/mol. The molecule has 0 fully saturated rings. The minimum absolute atomic E-state index is 0.269. The van der Waals surface area contributed by atoms with E-state index in [-0.39, 0.29) is 6.79 Å². The van der Waals surface area contributed by atoms with Gasteiger partial charge in [-0.15, -0.1) is 0 Å². The average Bonchev–Trinajstić information content (AvgIpc) is 3.08. The normalized spacial score (nSPS) is 12.2. The Labute approximate surface area is 146 Å². The quantitative estimate of drug-likeness (QED) is 0.720. The minimum Gasteiger partial charge on any atom is -0.473 e. The summed E-state index contributed by atoms with van der Waals surface area (Å²) >= 11 is 0. The van der Waals surface area contributed by atoms with Gasteiger partial charge in [0.05, 0.1) is 0 Å². The number of hydrogen-bond donors (Lipinski definition) is 0. The van der Waals surface area contributed by atoms with Gasteiger partial charge in [0.2, 0.25) is 12.7 Å². The second kappa shape index (κ2) is 6.43. The standard InChI is InChI=1S/C20H18N2O3/c1-13-3-6-16(7-4-13)20-21-14(2)9-19(22-20)23-11-15-5-8-17-18(10-15)25-12-24-17/h3-10H,11-12H2,1-2H3. The van der Waals surface area contributed by atoms with Crippen LogP contribution in [0.5, 0.6) is 17.4 Å². The van der Waals surface area contributed by atoms with Gasteiger partial charge in [0, 0.05) is 17.3 Å². The Bertz CT molecular complexity index is 907. The van der Waals surface area contributed by atoms with Gasteiger partial charge in [0.25, 0.3) is 0 Å². The van der Waals surface area contributed by atoms with Crippen molar-refractivity contribution in [2.24, 2.45) is 0 Å². The summed E-state index contributed by atoms with van der Waals surface area (Å²) in [5, 5.41) is 0. The van der Waals surface area contributed by atoms with Crippen molar-refractivity contribution in [2.45, 2.75) is 20.5 Å². The number of aromatic nitrogens is 2. The van der Waals surface area contributed by atoms with E-state index in [1.54, 1.807) is 0 Å². The summed E-state index contributed by atoms with van der Waals surface area (Å²) in [6.07, 6.45) is 0. The number of rotatable bonds is 4. The molecule has 0 radical (unpaired) electrons. The summed E-state index contributed by atoms with van der Waals surface area (Å²) in [6, 6.07) is 15.8. The highest BCUT2D eigenvalue weighted by Gasteiger charge is 2.13. The highest BCUT2D eigenvalue weighted by atomic mass is 16.7. The van der Waals surface area contributed by atoms with Crippen molar-refractivity contribution < 1.29 is 14.2 Å². The third-order valence-corrected chi connectivity index (χ3v) is 3.96. The molecule has 2 aromatic carbocycles. The summed E-state index contributed by atoms with van der Waals surface area (Å²) in [4.78, 5) is 9.04. The molecule has 0 N–H and O–H groups in total. The van der Waals surface area contributed by atoms with Crippen LogP contribution in [-0.2, 0) is 6.61 Å². The first kappa shape index (κ1) is 15.4. The zero-order valence-corrected chi connectivity index (χ0v) is 14.2. The second-order valence-electron chi connectivity index (χ2n) is 6.01. The van der Waals surface area contributed by atoms with E-state index in [1.165, 1.54) is 5.56 Å². The van der Waals surface area contributed by atoms with Gasteiger partial charge in [0.15, 0.2) is 17.3 Å². The molecule has 4 rings (SSSR count). The van der Waals surface area contributed by atoms with E-state index in [1.807, 2.05) is 55.5 Å². The Hall–Kier alpha value is -3.08. The lowest BCUT2D eigenvalue weighted by Gasteiger charge is -2.09. The van der Waals surface area contributed by atoms with E-state index >= 15 is 0 Å². The molecule has 2 heterocycles. The van der Waals surface area contributed by atoms with Crippen molar-refractivity contribution in [3.05, 3.63) is 65.4 Å². The molecule has 0 spiro atoms. The minimum atomic E-state index is 0.269. The van der Waals surface area contributed by atoms with Gasteiger partial charge in [-0.25, -0.2) is 4.98 Å². The maximum absolute atomic E-state index is 5.87. The molecule has 0 aliphatic carbocycles. The molecule has 1 aromatic heterocycles. The fourth-order valence-corrected chi connectivity index (χ4v) is 2.63. The topological polar surface area (TPSA) is 53.5 Å². The third-order valence-electron chi connectivity index (χ3n) is 3.96. The Morgan fingerprint density at radius 2 is 1.72 bits per heavy atom. The molecule has 0 amide bonds. The molecular formula is C20H18N2O3. The predicted octanol–water partition coefficient (Wildman–Crippen LogP) is 4.07. The van der Waals surface area contributed by atoms with Gasteiger partial charge in [-0.05, 0) is 31.5 Å². The Morgan fingerprint density at radius 1 is 0.920 bits per heavy atom. The second-order valence-corrected chi connectivity index (χ2v) is 6.01. The lowest BCUT2D eigenvalue weighted by molar-refractivity contribution is 0.174. The SMILES string of the molecule is Cc1ccc(-c2nc(C)cc(OCc3ccc4c(c3)OCO4)n2)cc1. The average molecular weight is 334 g/mol. The lowest BCUT2D eigenvalue weighted by atomic mass is 10.1. The lowest BCUT2D eigenvalue weighted by Crippen LogP contribution is -2.00. The van der Waals surface area contributed by atoms with E-state index in [0.29, 0.717) is 18.3 Å². The van der Waals surface area contributed by atoms with Crippen molar-refractivity contribution in [2.75, 3.05) is 6.79 Å². The fourth-order valence-electron chi connectivity index (χ4n) is 2.63. The van der Waals surface area contributed by atoms with Crippen molar-refractivity contribution in [3.63, 3.8) is 0 Å². The largest absolute Gasteiger partial charge is 0.473 e. The number of nitrogens with zero attached hydrogens (tertiary/aromatic N) is 2. The van der Waals surface area contributed by atoms with E-state index in [9.17, 15) is 0 Å². The number of hydrogen-bond acceptors (Lipinski definition) is 5. The molecule has 1 aliphatic heterocycles. The van der Waals surface area contributed by atoms with Crippen LogP contribution in [0.2, 0.25) is 0 Å². The van der Waals surface area contributed by atoms with Crippen LogP contribution in [-0.4, -0.2) is 16.8 Å². The third kappa shape index (κ3) is 3.40. The van der Waals surface area contributed by atoms with Crippen LogP contribution in [0.25, 0.3) is 11.4 Å². The maximum Gasteiger partial charge on any atom is 0.231 e. The molecular weight excluding hydrogens is 316 g/mol. The number of fused-ring (bicyclic) bond motifs is 1. The zero-order chi connectivity index (χ0) is 17.2. The smallest absolute Gasteiger partial charge is 0.231 e. The summed E-state index contributed by atoms with van der Waals surface area (Å²) in [5.41, 5.74) is 4.04. The highest BCUT2D eigenvalue weighted by molar-refractivity contribution is 5.56. The first-order chi connectivity index (χ1) is 12.2. The molecule has 3 aromatic rings. The Balaban J connectivity index is 1.53. The van der Waals surface area contributed by atoms with Gasteiger partial charge in [-0.1, -0.05) is 35.9 Å². The molecule has 5 nitrogen and oxygen atoms in total. The molecule has 0 atom stereocenters. The van der Waals surface area contributed by atoms with Crippen molar-refractivity contribution in [1.29, 1.82) is 0 Å². The van der Waals surface area contributed by atoms with E-state index in [2.05, 4.69) is 16.9 Å². The van der Waals surface area contributed by atoms with Crippen LogP contribution in [0.1, 0.15) is 16.8 Å². The Morgan fingerprint density at radius 3 is 2.56 bits per heavy atom. The molecule has 0 saturated heterocycles. The summed E-state index contributed by atoms with van der Waals surface area (Å²) in [5.74, 6) is 2.74. The molecule has 0 unspecified atom stereocenters. The van der Waals surface area contributed by atoms with Crippen molar-refractivity contribution >= 4 is 0 Å². The van der Waals surface area contributed by atoms with Gasteiger partial charge in [-0.3, -0.25) is 0 Å². The highest BCUT2D eigenvalue weighted by Crippen LogP contribution is 2.32. The Kier molecular flexibility index (Phi) is 3.98. The number of ether oxygens (including phenoxy) is 3. The maximum atomic E-state index is 5.87. The van der Waals surface area contributed by atoms with Gasteiger partial charge in [-0.2, -0.15) is 4.98 Å². The summed E-state index contributed by atoms with van der Waals surface area (Å²) < 4.78 is 16.6. The molecule has 0 bridgehead atoms. The fraction of sp³-hybridized carbons (Fsp3) is 0.200. The molecule has 5 heteroatoms. The molecule has 0 saturated carbocycles. The van der Waals surface area contributed by atoms with Crippen molar-refractivity contribution in [1.82, 2.24) is 9.97 Å². The summed E-state index contributed by atoms with van der Waals surface area (Å²) in [7, 11) is 0. The van der Waals surface area contributed by atoms with Crippen LogP contribution in [0, 0.1) is 13.8 Å². The van der Waals surface area contributed by atoms with Gasteiger partial charge >= 0.3 is 0 Å². The zero-order valence-electron chi connectivity index (χ0n) is 14.2. The monoisotopic (exact) mass is 334 g/mol. The van der Waals surface area contributed by atoms with E-state index < -0.39 is 0 Å². The van der Waals surface area contributed by atoms with Gasteiger partial charge in [0.1, 0.15) is 6.61 Å². The van der Waals surface area contributed by atoms with Crippen LogP contribution in [0.15, 0.2) is 48.5 Å². The number of benzene rings is 2. The van der Waals surface area contributed by atoms with Crippen LogP contribution in [0.3, 0.4) is 0 Å². The van der Waals surface area contributed by atoms with Crippen LogP contribution < -0.4 is 14.2 Å². The van der Waals surface area contributed by atoms with Crippen LogP contribution in [0.4, 0.5) is 0 Å². The van der Waals surface area contributed by atoms with Crippen LogP contribution >= 0.6 is 0 Å². The first-order valence-electron chi connectivity index (χ1n) is 8.11. The van der Waals surface area contributed by atoms with Gasteiger partial charge < -0.3 is 14.2 Å². The summed E-state index contributed by atoms with van der Waals surface area (Å²) in [6.45, 7) is 4.67. The first-order valence-corrected chi connectivity index (χ1v) is 8.11. The number of aryl methyl sites for hydroxylation is 2. The van der Waals surface area contributed by atoms with E-state index in [4.69, 9.17) is 14.2 Å². The molecule has 25 heavy (non-hydrogen) atoms. The molecule has 1 aliphatic rings. The van der Waals surface area contributed by atoms with E-state index in [0.717, 1.165) is 28.3 Å².